The topological polar surface area (TPSA) is 140 Å². The van der Waals surface area contributed by atoms with Crippen LogP contribution < -0.4 is 21.5 Å². The molecular formula is C19H22BrF3N4O4. The molecular weight excluding hydrogens is 485 g/mol. The summed E-state index contributed by atoms with van der Waals surface area (Å²) in [5.41, 5.74) is 10.4. The molecule has 0 radical (unpaired) electrons. The third-order valence-electron chi connectivity index (χ3n) is 4.46. The number of hydrogen-bond donors (Lipinski definition) is 4. The average molecular weight is 507 g/mol. The van der Waals surface area contributed by atoms with E-state index in [0.717, 1.165) is 6.08 Å². The predicted molar refractivity (Wildman–Crippen MR) is 111 cm³/mol. The van der Waals surface area contributed by atoms with Crippen molar-refractivity contribution in [3.05, 3.63) is 33.3 Å². The van der Waals surface area contributed by atoms with Gasteiger partial charge in [0.2, 0.25) is 6.10 Å². The second-order valence-electron chi connectivity index (χ2n) is 6.95. The van der Waals surface area contributed by atoms with Crippen molar-refractivity contribution in [2.45, 2.75) is 44.5 Å². The molecule has 0 saturated carbocycles. The fourth-order valence-corrected chi connectivity index (χ4v) is 3.63. The molecule has 170 valence electrons. The van der Waals surface area contributed by atoms with Crippen molar-refractivity contribution in [2.24, 2.45) is 16.5 Å². The number of carboxylic acids is 1. The summed E-state index contributed by atoms with van der Waals surface area (Å²) >= 11 is 3.25. The highest BCUT2D eigenvalue weighted by Crippen LogP contribution is 2.40. The smallest absolute Gasteiger partial charge is 0.429 e. The van der Waals surface area contributed by atoms with Crippen LogP contribution in [0.2, 0.25) is 0 Å². The Balaban J connectivity index is 2.23. The van der Waals surface area contributed by atoms with Crippen LogP contribution in [0, 0.1) is 6.92 Å². The van der Waals surface area contributed by atoms with Gasteiger partial charge in [-0.25, -0.2) is 4.79 Å². The van der Waals surface area contributed by atoms with Crippen molar-refractivity contribution in [1.29, 1.82) is 0 Å². The van der Waals surface area contributed by atoms with Gasteiger partial charge in [0.15, 0.2) is 5.96 Å². The number of carboxylic acid groups (broad SMARTS) is 1. The zero-order chi connectivity index (χ0) is 23.3. The monoisotopic (exact) mass is 506 g/mol. The molecule has 1 aliphatic heterocycles. The first-order valence-corrected chi connectivity index (χ1v) is 10.0. The van der Waals surface area contributed by atoms with Crippen molar-refractivity contribution < 1.29 is 32.6 Å². The lowest BCUT2D eigenvalue weighted by Gasteiger charge is -2.30. The minimum atomic E-state index is -4.88. The second kappa shape index (κ2) is 10.0. The van der Waals surface area contributed by atoms with Crippen LogP contribution in [0.4, 0.5) is 13.2 Å². The Kier molecular flexibility index (Phi) is 7.93. The van der Waals surface area contributed by atoms with Crippen LogP contribution in [0.25, 0.3) is 6.08 Å². The molecule has 1 amide bonds. The van der Waals surface area contributed by atoms with E-state index in [1.54, 1.807) is 13.0 Å². The van der Waals surface area contributed by atoms with E-state index in [0.29, 0.717) is 22.9 Å². The maximum atomic E-state index is 13.6. The molecule has 0 unspecified atom stereocenters. The molecule has 1 heterocycles. The van der Waals surface area contributed by atoms with E-state index in [-0.39, 0.29) is 30.2 Å². The lowest BCUT2D eigenvalue weighted by atomic mass is 9.98. The molecule has 2 atom stereocenters. The number of benzene rings is 1. The highest BCUT2D eigenvalue weighted by molar-refractivity contribution is 9.10. The number of carbonyl (C=O) groups excluding carboxylic acids is 1. The molecule has 1 aromatic rings. The minimum absolute atomic E-state index is 0.00681. The number of aliphatic imine (C=N–C) groups is 1. The Morgan fingerprint density at radius 3 is 2.58 bits per heavy atom. The summed E-state index contributed by atoms with van der Waals surface area (Å²) in [6.07, 6.45) is -5.55. The summed E-state index contributed by atoms with van der Waals surface area (Å²) in [5, 5.41) is 11.5. The highest BCUT2D eigenvalue weighted by atomic mass is 79.9. The van der Waals surface area contributed by atoms with Crippen molar-refractivity contribution >= 4 is 39.8 Å². The number of rotatable bonds is 8. The number of hydrogen-bond acceptors (Lipinski definition) is 4. The molecule has 0 saturated heterocycles. The Morgan fingerprint density at radius 1 is 1.32 bits per heavy atom. The summed E-state index contributed by atoms with van der Waals surface area (Å²) in [7, 11) is 0. The van der Waals surface area contributed by atoms with Gasteiger partial charge in [-0.15, -0.1) is 0 Å². The molecule has 0 bridgehead atoms. The standard InChI is InChI=1S/C19H22BrF3N4O4/c1-9-6-11(20)7-10-8-12(15(19(21,22)23)31-14(9)10)16(28)27-13(17(29)30)4-2-3-5-26-18(24)25/h6-8,13,15H,2-5H2,1H3,(H,27,28)(H,29,30)(H4,24,25,26)/t13-,15-/m0/s1. The number of ether oxygens (including phenoxy) is 1. The summed E-state index contributed by atoms with van der Waals surface area (Å²) in [4.78, 5) is 27.9. The SMILES string of the molecule is Cc1cc(Br)cc2c1O[C@H](C(F)(F)F)C(C(=O)N[C@@H](CCCCN=C(N)N)C(=O)O)=C2. The minimum Gasteiger partial charge on any atom is -0.480 e. The van der Waals surface area contributed by atoms with Crippen molar-refractivity contribution in [1.82, 2.24) is 5.32 Å². The van der Waals surface area contributed by atoms with Crippen molar-refractivity contribution in [3.8, 4) is 5.75 Å². The van der Waals surface area contributed by atoms with Gasteiger partial charge >= 0.3 is 12.1 Å². The van der Waals surface area contributed by atoms with E-state index in [2.05, 4.69) is 26.2 Å². The number of guanidine groups is 1. The maximum Gasteiger partial charge on any atom is 0.429 e. The lowest BCUT2D eigenvalue weighted by molar-refractivity contribution is -0.185. The largest absolute Gasteiger partial charge is 0.480 e. The van der Waals surface area contributed by atoms with Crippen LogP contribution in [0.1, 0.15) is 30.4 Å². The number of fused-ring (bicyclic) bond motifs is 1. The summed E-state index contributed by atoms with van der Waals surface area (Å²) in [6, 6.07) is 1.72. The van der Waals surface area contributed by atoms with Gasteiger partial charge in [-0.3, -0.25) is 9.79 Å². The predicted octanol–water partition coefficient (Wildman–Crippen LogP) is 2.48. The zero-order valence-corrected chi connectivity index (χ0v) is 18.1. The highest BCUT2D eigenvalue weighted by Gasteiger charge is 2.48. The van der Waals surface area contributed by atoms with Crippen LogP contribution in [-0.2, 0) is 9.59 Å². The molecule has 8 nitrogen and oxygen atoms in total. The normalized spacial score (nSPS) is 16.4. The summed E-state index contributed by atoms with van der Waals surface area (Å²) in [5.74, 6) is -2.62. The van der Waals surface area contributed by atoms with E-state index in [4.69, 9.17) is 16.2 Å². The van der Waals surface area contributed by atoms with E-state index in [1.807, 2.05) is 0 Å². The fraction of sp³-hybridized carbons (Fsp3) is 0.421. The number of nitrogens with zero attached hydrogens (tertiary/aromatic N) is 1. The number of halogens is 4. The first kappa shape index (κ1) is 24.5. The number of aryl methyl sites for hydroxylation is 1. The molecule has 6 N–H and O–H groups in total. The number of carbonyl (C=O) groups is 2. The first-order valence-electron chi connectivity index (χ1n) is 9.24. The number of aliphatic carboxylic acids is 1. The second-order valence-corrected chi connectivity index (χ2v) is 7.86. The number of nitrogens with one attached hydrogen (secondary N) is 1. The van der Waals surface area contributed by atoms with Crippen LogP contribution in [-0.4, -0.2) is 47.8 Å². The summed E-state index contributed by atoms with van der Waals surface area (Å²) < 4.78 is 46.5. The van der Waals surface area contributed by atoms with E-state index in [9.17, 15) is 27.9 Å². The molecule has 1 aliphatic rings. The van der Waals surface area contributed by atoms with Crippen LogP contribution in [0.3, 0.4) is 0 Å². The van der Waals surface area contributed by atoms with Gasteiger partial charge in [0.1, 0.15) is 11.8 Å². The zero-order valence-electron chi connectivity index (χ0n) is 16.5. The van der Waals surface area contributed by atoms with Crippen LogP contribution in [0.5, 0.6) is 5.75 Å². The van der Waals surface area contributed by atoms with Gasteiger partial charge < -0.3 is 26.6 Å². The Labute approximate surface area is 184 Å². The number of unbranched alkanes of at least 4 members (excludes halogenated alkanes) is 1. The lowest BCUT2D eigenvalue weighted by Crippen LogP contribution is -2.47. The molecule has 1 aromatic carbocycles. The van der Waals surface area contributed by atoms with Crippen LogP contribution >= 0.6 is 15.9 Å². The van der Waals surface area contributed by atoms with E-state index >= 15 is 0 Å². The molecule has 0 fully saturated rings. The molecule has 31 heavy (non-hydrogen) atoms. The Hall–Kier alpha value is -2.76. The number of amides is 1. The van der Waals surface area contributed by atoms with Gasteiger partial charge in [-0.2, -0.15) is 13.2 Å². The quantitative estimate of drug-likeness (QED) is 0.242. The van der Waals surface area contributed by atoms with Crippen molar-refractivity contribution in [2.75, 3.05) is 6.54 Å². The van der Waals surface area contributed by atoms with Gasteiger partial charge in [0.05, 0.1) is 5.57 Å². The van der Waals surface area contributed by atoms with E-state index in [1.165, 1.54) is 6.07 Å². The third-order valence-corrected chi connectivity index (χ3v) is 4.91. The van der Waals surface area contributed by atoms with E-state index < -0.39 is 35.8 Å². The fourth-order valence-electron chi connectivity index (χ4n) is 3.04. The van der Waals surface area contributed by atoms with Gasteiger partial charge in [0.25, 0.3) is 5.91 Å². The molecule has 2 rings (SSSR count). The third kappa shape index (κ3) is 6.61. The average Bonchev–Trinajstić information content (AvgIpc) is 2.64. The molecule has 0 spiro atoms. The number of nitrogens with two attached hydrogens (primary N) is 2. The molecule has 12 heteroatoms. The Bertz CT molecular complexity index is 914. The van der Waals surface area contributed by atoms with Crippen molar-refractivity contribution in [3.63, 3.8) is 0 Å². The molecule has 0 aliphatic carbocycles. The van der Waals surface area contributed by atoms with Gasteiger partial charge in [0, 0.05) is 16.6 Å². The summed E-state index contributed by atoms with van der Waals surface area (Å²) in [6.45, 7) is 1.85. The number of alkyl halides is 3. The van der Waals surface area contributed by atoms with Gasteiger partial charge in [-0.05, 0) is 50.0 Å². The van der Waals surface area contributed by atoms with Gasteiger partial charge in [-0.1, -0.05) is 15.9 Å². The molecule has 0 aromatic heterocycles. The Morgan fingerprint density at radius 2 is 2.00 bits per heavy atom. The van der Waals surface area contributed by atoms with Crippen LogP contribution in [0.15, 0.2) is 27.2 Å². The first-order chi connectivity index (χ1) is 14.4. The maximum absolute atomic E-state index is 13.6.